The van der Waals surface area contributed by atoms with Gasteiger partial charge in [-0.05, 0) is 32.4 Å². The Kier molecular flexibility index (Phi) is 4.51. The third kappa shape index (κ3) is 3.23. The highest BCUT2D eigenvalue weighted by atomic mass is 16.7. The van der Waals surface area contributed by atoms with Crippen molar-refractivity contribution in [1.82, 2.24) is 20.4 Å². The molecule has 0 spiro atoms. The fourth-order valence-corrected chi connectivity index (χ4v) is 2.80. The summed E-state index contributed by atoms with van der Waals surface area (Å²) in [5.74, 6) is 0.835. The summed E-state index contributed by atoms with van der Waals surface area (Å²) < 4.78 is 15.4. The van der Waals surface area contributed by atoms with Crippen LogP contribution in [0.4, 0.5) is 4.79 Å². The van der Waals surface area contributed by atoms with Crippen molar-refractivity contribution in [3.8, 4) is 0 Å². The first-order valence-electron chi connectivity index (χ1n) is 7.66. The van der Waals surface area contributed by atoms with Crippen molar-refractivity contribution in [2.24, 2.45) is 0 Å². The molecule has 2 aromatic heterocycles. The zero-order valence-electron chi connectivity index (χ0n) is 14.4. The van der Waals surface area contributed by atoms with E-state index < -0.39 is 12.1 Å². The summed E-state index contributed by atoms with van der Waals surface area (Å²) in [6.45, 7) is 5.46. The highest BCUT2D eigenvalue weighted by Gasteiger charge is 2.35. The van der Waals surface area contributed by atoms with Gasteiger partial charge in [0.2, 0.25) is 0 Å². The zero-order valence-corrected chi connectivity index (χ0v) is 14.4. The van der Waals surface area contributed by atoms with Crippen molar-refractivity contribution in [2.75, 3.05) is 7.11 Å². The highest BCUT2D eigenvalue weighted by molar-refractivity contribution is 5.75. The standard InChI is InChI=1S/C17H18N4O4/c1-9-13(16-20-11(3)21-25-16)14(12-6-5-7-18-8-12)15(10(2)19-9)24-17(22)23-4/h5-8,14,19H,1-4H3. The molecular formula is C17H18N4O4. The number of hydrogen-bond acceptors (Lipinski definition) is 8. The summed E-state index contributed by atoms with van der Waals surface area (Å²) in [7, 11) is 1.26. The van der Waals surface area contributed by atoms with Crippen LogP contribution in [0.2, 0.25) is 0 Å². The molecule has 25 heavy (non-hydrogen) atoms. The van der Waals surface area contributed by atoms with E-state index in [-0.39, 0.29) is 0 Å². The monoisotopic (exact) mass is 342 g/mol. The van der Waals surface area contributed by atoms with Gasteiger partial charge in [-0.3, -0.25) is 4.98 Å². The van der Waals surface area contributed by atoms with Crippen molar-refractivity contribution in [2.45, 2.75) is 26.7 Å². The molecule has 0 aromatic carbocycles. The Bertz CT molecular complexity index is 855. The fraction of sp³-hybridized carbons (Fsp3) is 0.294. The lowest BCUT2D eigenvalue weighted by molar-refractivity contribution is 0.0928. The second-order valence-electron chi connectivity index (χ2n) is 5.58. The molecule has 0 bridgehead atoms. The van der Waals surface area contributed by atoms with Crippen molar-refractivity contribution < 1.29 is 18.8 Å². The molecule has 3 rings (SSSR count). The third-order valence-corrected chi connectivity index (χ3v) is 3.84. The van der Waals surface area contributed by atoms with Gasteiger partial charge in [-0.2, -0.15) is 4.98 Å². The normalized spacial score (nSPS) is 17.4. The molecule has 1 aliphatic heterocycles. The predicted molar refractivity (Wildman–Crippen MR) is 87.9 cm³/mol. The molecule has 8 nitrogen and oxygen atoms in total. The van der Waals surface area contributed by atoms with Gasteiger partial charge in [0.15, 0.2) is 5.82 Å². The van der Waals surface area contributed by atoms with Crippen LogP contribution in [0, 0.1) is 6.92 Å². The number of carbonyl (C=O) groups excluding carboxylic acids is 1. The number of ether oxygens (including phenoxy) is 2. The van der Waals surface area contributed by atoms with Crippen LogP contribution < -0.4 is 5.32 Å². The Morgan fingerprint density at radius 2 is 2.08 bits per heavy atom. The minimum atomic E-state index is -0.800. The maximum absolute atomic E-state index is 11.7. The fourth-order valence-electron chi connectivity index (χ4n) is 2.80. The van der Waals surface area contributed by atoms with Gasteiger partial charge >= 0.3 is 6.16 Å². The van der Waals surface area contributed by atoms with Gasteiger partial charge < -0.3 is 19.3 Å². The second kappa shape index (κ2) is 6.76. The molecule has 0 fully saturated rings. The molecule has 0 radical (unpaired) electrons. The van der Waals surface area contributed by atoms with E-state index in [0.717, 1.165) is 16.8 Å². The summed E-state index contributed by atoms with van der Waals surface area (Å²) >= 11 is 0. The lowest BCUT2D eigenvalue weighted by atomic mass is 9.85. The van der Waals surface area contributed by atoms with E-state index in [0.29, 0.717) is 23.2 Å². The molecule has 1 aliphatic rings. The molecule has 1 N–H and O–H groups in total. The smallest absolute Gasteiger partial charge is 0.437 e. The molecule has 2 aromatic rings. The lowest BCUT2D eigenvalue weighted by Gasteiger charge is -2.29. The first kappa shape index (κ1) is 16.7. The van der Waals surface area contributed by atoms with Crippen LogP contribution in [-0.4, -0.2) is 28.4 Å². The molecule has 0 saturated carbocycles. The first-order valence-corrected chi connectivity index (χ1v) is 7.66. The lowest BCUT2D eigenvalue weighted by Crippen LogP contribution is -2.26. The van der Waals surface area contributed by atoms with Crippen LogP contribution in [0.5, 0.6) is 0 Å². The number of aromatic nitrogens is 3. The summed E-state index contributed by atoms with van der Waals surface area (Å²) in [5, 5.41) is 7.06. The van der Waals surface area contributed by atoms with Crippen LogP contribution in [-0.2, 0) is 9.47 Å². The number of nitrogens with one attached hydrogen (secondary N) is 1. The average molecular weight is 342 g/mol. The Morgan fingerprint density at radius 1 is 1.28 bits per heavy atom. The number of aryl methyl sites for hydroxylation is 1. The number of hydrogen-bond donors (Lipinski definition) is 1. The number of rotatable bonds is 3. The van der Waals surface area contributed by atoms with Crippen molar-refractivity contribution >= 4 is 11.7 Å². The van der Waals surface area contributed by atoms with E-state index >= 15 is 0 Å². The average Bonchev–Trinajstić information content (AvgIpc) is 3.03. The van der Waals surface area contributed by atoms with Gasteiger partial charge in [-0.25, -0.2) is 4.79 Å². The summed E-state index contributed by atoms with van der Waals surface area (Å²) in [6.07, 6.45) is 2.58. The Morgan fingerprint density at radius 3 is 2.68 bits per heavy atom. The van der Waals surface area contributed by atoms with Crippen molar-refractivity contribution in [1.29, 1.82) is 0 Å². The van der Waals surface area contributed by atoms with Crippen LogP contribution in [0.15, 0.2) is 46.2 Å². The Labute approximate surface area is 144 Å². The van der Waals surface area contributed by atoms with Gasteiger partial charge in [0, 0.05) is 18.1 Å². The SMILES string of the molecule is COC(=O)OC1=C(C)NC(C)=C(c2nc(C)no2)C1c1cccnc1. The number of dihydropyridines is 1. The quantitative estimate of drug-likeness (QED) is 0.850. The van der Waals surface area contributed by atoms with Gasteiger partial charge in [0.1, 0.15) is 5.76 Å². The number of nitrogens with zero attached hydrogens (tertiary/aromatic N) is 3. The molecule has 0 saturated heterocycles. The van der Waals surface area contributed by atoms with E-state index in [1.54, 1.807) is 19.3 Å². The second-order valence-corrected chi connectivity index (χ2v) is 5.58. The number of methoxy groups -OCH3 is 1. The van der Waals surface area contributed by atoms with E-state index in [4.69, 9.17) is 9.26 Å². The first-order chi connectivity index (χ1) is 12.0. The largest absolute Gasteiger partial charge is 0.513 e. The van der Waals surface area contributed by atoms with Crippen molar-refractivity contribution in [3.05, 3.63) is 59.0 Å². The molecule has 0 amide bonds. The summed E-state index contributed by atoms with van der Waals surface area (Å²) in [4.78, 5) is 20.2. The number of carbonyl (C=O) groups is 1. The Balaban J connectivity index is 2.15. The summed E-state index contributed by atoms with van der Waals surface area (Å²) in [6, 6.07) is 3.71. The van der Waals surface area contributed by atoms with Crippen molar-refractivity contribution in [3.63, 3.8) is 0 Å². The van der Waals surface area contributed by atoms with Gasteiger partial charge in [0.25, 0.3) is 5.89 Å². The maximum Gasteiger partial charge on any atom is 0.513 e. The Hall–Kier alpha value is -3.16. The number of allylic oxidation sites excluding steroid dienone is 3. The van der Waals surface area contributed by atoms with E-state index in [2.05, 4.69) is 25.2 Å². The third-order valence-electron chi connectivity index (χ3n) is 3.84. The maximum atomic E-state index is 11.7. The molecule has 8 heteroatoms. The van der Waals surface area contributed by atoms with E-state index in [9.17, 15) is 4.79 Å². The van der Waals surface area contributed by atoms with Crippen LogP contribution in [0.3, 0.4) is 0 Å². The molecule has 0 aliphatic carbocycles. The molecule has 1 unspecified atom stereocenters. The van der Waals surface area contributed by atoms with Gasteiger partial charge in [-0.1, -0.05) is 11.2 Å². The minimum Gasteiger partial charge on any atom is -0.437 e. The topological polar surface area (TPSA) is 99.4 Å². The predicted octanol–water partition coefficient (Wildman–Crippen LogP) is 2.91. The van der Waals surface area contributed by atoms with Crippen LogP contribution >= 0.6 is 0 Å². The van der Waals surface area contributed by atoms with Gasteiger partial charge in [-0.15, -0.1) is 0 Å². The zero-order chi connectivity index (χ0) is 18.0. The van der Waals surface area contributed by atoms with E-state index in [1.807, 2.05) is 26.0 Å². The molecule has 1 atom stereocenters. The summed E-state index contributed by atoms with van der Waals surface area (Å²) in [5.41, 5.74) is 3.06. The van der Waals surface area contributed by atoms with Crippen LogP contribution in [0.1, 0.15) is 37.0 Å². The minimum absolute atomic E-state index is 0.356. The molecular weight excluding hydrogens is 324 g/mol. The highest BCUT2D eigenvalue weighted by Crippen LogP contribution is 2.42. The van der Waals surface area contributed by atoms with E-state index in [1.165, 1.54) is 7.11 Å². The molecule has 130 valence electrons. The van der Waals surface area contributed by atoms with Crippen LogP contribution in [0.25, 0.3) is 5.57 Å². The molecule has 3 heterocycles. The van der Waals surface area contributed by atoms with Gasteiger partial charge in [0.05, 0.1) is 24.3 Å². The number of pyridine rings is 1.